The molecule has 1 atom stereocenters. The van der Waals surface area contributed by atoms with Crippen LogP contribution < -0.4 is 10.2 Å². The topological polar surface area (TPSA) is 71.5 Å². The molecule has 22 heavy (non-hydrogen) atoms. The zero-order chi connectivity index (χ0) is 15.5. The number of carbonyl (C=O) groups is 2. The fourth-order valence-corrected chi connectivity index (χ4v) is 3.20. The van der Waals surface area contributed by atoms with E-state index in [2.05, 4.69) is 10.3 Å². The zero-order valence-electron chi connectivity index (χ0n) is 12.0. The van der Waals surface area contributed by atoms with E-state index in [1.807, 2.05) is 24.3 Å². The number of pyridine rings is 1. The average Bonchev–Trinajstić information content (AvgIpc) is 3.12. The first-order chi connectivity index (χ1) is 10.6. The van der Waals surface area contributed by atoms with Crippen LogP contribution in [-0.4, -0.2) is 36.2 Å². The van der Waals surface area contributed by atoms with Crippen LogP contribution in [0.25, 0.3) is 10.4 Å². The summed E-state index contributed by atoms with van der Waals surface area (Å²) in [5.74, 6) is -0.135. The molecular weight excluding hydrogens is 302 g/mol. The van der Waals surface area contributed by atoms with Gasteiger partial charge in [-0.15, -0.1) is 11.3 Å². The number of hydrogen-bond acceptors (Lipinski definition) is 5. The van der Waals surface area contributed by atoms with Crippen LogP contribution in [0, 0.1) is 0 Å². The van der Waals surface area contributed by atoms with Crippen LogP contribution in [0.3, 0.4) is 0 Å². The summed E-state index contributed by atoms with van der Waals surface area (Å²) in [7, 11) is 0. The second-order valence-corrected chi connectivity index (χ2v) is 6.00. The Labute approximate surface area is 131 Å². The van der Waals surface area contributed by atoms with E-state index < -0.39 is 0 Å². The minimum atomic E-state index is -0.380. The molecule has 1 fully saturated rings. The van der Waals surface area contributed by atoms with E-state index in [4.69, 9.17) is 4.74 Å². The Balaban J connectivity index is 1.71. The number of cyclic esters (lactones) is 1. The summed E-state index contributed by atoms with van der Waals surface area (Å²) in [5, 5.41) is 3.49. The van der Waals surface area contributed by atoms with Crippen LogP contribution in [-0.2, 0) is 9.53 Å². The number of hydrogen-bond donors (Lipinski definition) is 1. The molecular formula is C15H15N3O3S. The van der Waals surface area contributed by atoms with Crippen LogP contribution in [0.2, 0.25) is 0 Å². The van der Waals surface area contributed by atoms with Gasteiger partial charge in [-0.05, 0) is 18.2 Å². The van der Waals surface area contributed by atoms with Gasteiger partial charge < -0.3 is 10.1 Å². The number of nitrogens with zero attached hydrogens (tertiary/aromatic N) is 2. The lowest BCUT2D eigenvalue weighted by Gasteiger charge is -2.10. The highest BCUT2D eigenvalue weighted by Crippen LogP contribution is 2.35. The Morgan fingerprint density at radius 2 is 2.36 bits per heavy atom. The van der Waals surface area contributed by atoms with Crippen LogP contribution in [0.1, 0.15) is 6.92 Å². The van der Waals surface area contributed by atoms with Crippen LogP contribution in [0.4, 0.5) is 9.80 Å². The van der Waals surface area contributed by atoms with E-state index in [9.17, 15) is 9.59 Å². The van der Waals surface area contributed by atoms with Gasteiger partial charge in [-0.25, -0.2) is 4.79 Å². The van der Waals surface area contributed by atoms with Gasteiger partial charge in [-0.2, -0.15) is 0 Å². The Bertz CT molecular complexity index is 686. The third kappa shape index (κ3) is 3.09. The van der Waals surface area contributed by atoms with Crippen molar-refractivity contribution < 1.29 is 14.3 Å². The maximum Gasteiger partial charge on any atom is 0.415 e. The molecule has 1 aliphatic rings. The second kappa shape index (κ2) is 6.15. The summed E-state index contributed by atoms with van der Waals surface area (Å²) >= 11 is 1.51. The first-order valence-electron chi connectivity index (χ1n) is 6.86. The number of nitrogens with one attached hydrogen (secondary N) is 1. The lowest BCUT2D eigenvalue weighted by Crippen LogP contribution is -2.33. The molecule has 1 saturated heterocycles. The van der Waals surface area contributed by atoms with E-state index in [1.54, 1.807) is 17.3 Å². The molecule has 2 aromatic heterocycles. The number of aromatic nitrogens is 1. The van der Waals surface area contributed by atoms with Crippen molar-refractivity contribution in [3.05, 3.63) is 36.7 Å². The van der Waals surface area contributed by atoms with Crippen LogP contribution >= 0.6 is 11.3 Å². The van der Waals surface area contributed by atoms with Gasteiger partial charge in [0.15, 0.2) is 0 Å². The zero-order valence-corrected chi connectivity index (χ0v) is 12.8. The predicted octanol–water partition coefficient (Wildman–Crippen LogP) is 2.27. The van der Waals surface area contributed by atoms with E-state index in [0.29, 0.717) is 13.1 Å². The third-order valence-corrected chi connectivity index (χ3v) is 4.41. The van der Waals surface area contributed by atoms with Gasteiger partial charge in [-0.1, -0.05) is 6.07 Å². The Hall–Kier alpha value is -2.41. The van der Waals surface area contributed by atoms with Gasteiger partial charge in [0.25, 0.3) is 0 Å². The van der Waals surface area contributed by atoms with Gasteiger partial charge in [0, 0.05) is 29.8 Å². The summed E-state index contributed by atoms with van der Waals surface area (Å²) in [6.45, 7) is 2.21. The molecule has 114 valence electrons. The number of rotatable bonds is 4. The van der Waals surface area contributed by atoms with E-state index in [-0.39, 0.29) is 18.1 Å². The Morgan fingerprint density at radius 1 is 1.50 bits per heavy atom. The molecule has 0 aliphatic carbocycles. The molecule has 3 rings (SSSR count). The fourth-order valence-electron chi connectivity index (χ4n) is 2.20. The number of ether oxygens (including phenoxy) is 1. The van der Waals surface area contributed by atoms with Gasteiger partial charge in [0.1, 0.15) is 11.1 Å². The second-order valence-electron chi connectivity index (χ2n) is 4.93. The molecule has 6 nitrogen and oxygen atoms in total. The van der Waals surface area contributed by atoms with Crippen molar-refractivity contribution in [2.45, 2.75) is 13.0 Å². The third-order valence-electron chi connectivity index (χ3n) is 3.26. The highest BCUT2D eigenvalue weighted by atomic mass is 32.1. The summed E-state index contributed by atoms with van der Waals surface area (Å²) in [5.41, 5.74) is 1.01. The lowest BCUT2D eigenvalue weighted by molar-refractivity contribution is -0.119. The molecule has 3 heterocycles. The summed E-state index contributed by atoms with van der Waals surface area (Å²) in [4.78, 5) is 29.6. The number of carbonyl (C=O) groups excluding carboxylic acids is 2. The smallest absolute Gasteiger partial charge is 0.415 e. The Morgan fingerprint density at radius 3 is 3.09 bits per heavy atom. The van der Waals surface area contributed by atoms with Crippen molar-refractivity contribution >= 4 is 28.3 Å². The minimum Gasteiger partial charge on any atom is -0.442 e. The molecule has 2 aromatic rings. The number of amides is 2. The molecule has 2 amide bonds. The largest absolute Gasteiger partial charge is 0.442 e. The first-order valence-corrected chi connectivity index (χ1v) is 7.68. The molecule has 0 spiro atoms. The predicted molar refractivity (Wildman–Crippen MR) is 83.8 cm³/mol. The van der Waals surface area contributed by atoms with Gasteiger partial charge in [-0.3, -0.25) is 14.7 Å². The fraction of sp³-hybridized carbons (Fsp3) is 0.267. The summed E-state index contributed by atoms with van der Waals surface area (Å²) in [6.07, 6.45) is 2.82. The van der Waals surface area contributed by atoms with Crippen molar-refractivity contribution in [3.63, 3.8) is 0 Å². The first kappa shape index (κ1) is 14.5. The maximum atomic E-state index is 12.0. The molecule has 1 aliphatic heterocycles. The Kier molecular flexibility index (Phi) is 4.06. The van der Waals surface area contributed by atoms with Gasteiger partial charge >= 0.3 is 6.09 Å². The highest BCUT2D eigenvalue weighted by Gasteiger charge is 2.33. The standard InChI is InChI=1S/C15H15N3O3S/c1-10(19)17-8-12-9-18(15(20)21-12)14-5-4-13(22-14)11-3-2-6-16-7-11/h2-7,12H,8-9H2,1H3,(H,17,19). The molecule has 1 unspecified atom stereocenters. The molecule has 1 N–H and O–H groups in total. The molecule has 0 saturated carbocycles. The molecule has 0 radical (unpaired) electrons. The van der Waals surface area contributed by atoms with Crippen LogP contribution in [0.15, 0.2) is 36.7 Å². The minimum absolute atomic E-state index is 0.135. The monoisotopic (exact) mass is 317 g/mol. The number of anilines is 1. The van der Waals surface area contributed by atoms with Gasteiger partial charge in [0.05, 0.1) is 13.1 Å². The maximum absolute atomic E-state index is 12.0. The van der Waals surface area contributed by atoms with E-state index >= 15 is 0 Å². The summed E-state index contributed by atoms with van der Waals surface area (Å²) in [6, 6.07) is 7.72. The van der Waals surface area contributed by atoms with Crippen LogP contribution in [0.5, 0.6) is 0 Å². The molecule has 0 aromatic carbocycles. The number of thiophene rings is 1. The van der Waals surface area contributed by atoms with E-state index in [0.717, 1.165) is 15.4 Å². The molecule has 0 bridgehead atoms. The van der Waals surface area contributed by atoms with Crippen molar-refractivity contribution in [1.82, 2.24) is 10.3 Å². The molecule has 7 heteroatoms. The van der Waals surface area contributed by atoms with E-state index in [1.165, 1.54) is 18.3 Å². The normalized spacial score (nSPS) is 17.4. The van der Waals surface area contributed by atoms with Crippen molar-refractivity contribution in [2.24, 2.45) is 0 Å². The summed E-state index contributed by atoms with van der Waals surface area (Å²) < 4.78 is 5.26. The SMILES string of the molecule is CC(=O)NCC1CN(c2ccc(-c3cccnc3)s2)C(=O)O1. The van der Waals surface area contributed by atoms with Crippen molar-refractivity contribution in [3.8, 4) is 10.4 Å². The van der Waals surface area contributed by atoms with Gasteiger partial charge in [0.2, 0.25) is 5.91 Å². The average molecular weight is 317 g/mol. The van der Waals surface area contributed by atoms with Crippen molar-refractivity contribution in [1.29, 1.82) is 0 Å². The highest BCUT2D eigenvalue weighted by molar-refractivity contribution is 7.19. The quantitative estimate of drug-likeness (QED) is 0.939. The van der Waals surface area contributed by atoms with Crippen molar-refractivity contribution in [2.75, 3.05) is 18.0 Å². The lowest BCUT2D eigenvalue weighted by atomic mass is 10.2.